The van der Waals surface area contributed by atoms with E-state index in [1.807, 2.05) is 26.0 Å². The van der Waals surface area contributed by atoms with Crippen LogP contribution in [0.15, 0.2) is 18.2 Å². The van der Waals surface area contributed by atoms with Crippen molar-refractivity contribution in [1.82, 2.24) is 10.2 Å². The molecule has 0 spiro atoms. The van der Waals surface area contributed by atoms with Crippen molar-refractivity contribution in [3.63, 3.8) is 0 Å². The second-order valence-electron chi connectivity index (χ2n) is 7.19. The molecule has 1 saturated heterocycles. The number of carbonyl (C=O) groups is 1. The number of β-amino-alcohol motifs (C(OH)–C–C–N with tert-alkyl or cyclic N) is 1. The average molecular weight is 332 g/mol. The quantitative estimate of drug-likeness (QED) is 0.863. The number of amides is 1. The topological polar surface area (TPSA) is 61.8 Å². The Balaban J connectivity index is 1.55. The Morgan fingerprint density at radius 2 is 2.12 bits per heavy atom. The lowest BCUT2D eigenvalue weighted by Crippen LogP contribution is -2.62. The molecule has 2 aliphatic rings. The van der Waals surface area contributed by atoms with Gasteiger partial charge >= 0.3 is 0 Å². The lowest BCUT2D eigenvalue weighted by Gasteiger charge is -2.44. The fraction of sp³-hybridized carbons (Fsp3) is 0.632. The minimum absolute atomic E-state index is 0.0700. The van der Waals surface area contributed by atoms with Gasteiger partial charge in [0.15, 0.2) is 0 Å². The fourth-order valence-corrected chi connectivity index (χ4v) is 3.94. The van der Waals surface area contributed by atoms with Crippen molar-refractivity contribution in [3.8, 4) is 5.75 Å². The summed E-state index contributed by atoms with van der Waals surface area (Å²) in [5.41, 5.74) is 2.27. The highest BCUT2D eigenvalue weighted by molar-refractivity contribution is 5.79. The molecule has 5 nitrogen and oxygen atoms in total. The first-order chi connectivity index (χ1) is 11.5. The van der Waals surface area contributed by atoms with Crippen LogP contribution in [0.1, 0.15) is 36.8 Å². The van der Waals surface area contributed by atoms with Gasteiger partial charge < -0.3 is 15.2 Å². The SMILES string of the molecule is Cc1ccc(OCC(O)CN2CC(=O)NC3CCCCC32)c(C)c1. The lowest BCUT2D eigenvalue weighted by molar-refractivity contribution is -0.129. The summed E-state index contributed by atoms with van der Waals surface area (Å²) in [6.45, 7) is 5.17. The number of piperazine rings is 1. The van der Waals surface area contributed by atoms with Crippen LogP contribution in [-0.4, -0.2) is 53.8 Å². The summed E-state index contributed by atoms with van der Waals surface area (Å²) in [7, 11) is 0. The summed E-state index contributed by atoms with van der Waals surface area (Å²) in [6, 6.07) is 6.63. The van der Waals surface area contributed by atoms with Crippen LogP contribution in [0.5, 0.6) is 5.75 Å². The maximum atomic E-state index is 11.9. The zero-order valence-corrected chi connectivity index (χ0v) is 14.6. The number of hydrogen-bond donors (Lipinski definition) is 2. The number of benzene rings is 1. The molecule has 1 aromatic carbocycles. The van der Waals surface area contributed by atoms with E-state index in [-0.39, 0.29) is 18.6 Å². The number of carbonyl (C=O) groups excluding carboxylic acids is 1. The third kappa shape index (κ3) is 4.08. The molecule has 0 radical (unpaired) electrons. The fourth-order valence-electron chi connectivity index (χ4n) is 3.94. The van der Waals surface area contributed by atoms with E-state index in [1.54, 1.807) is 0 Å². The van der Waals surface area contributed by atoms with Crippen LogP contribution in [0.3, 0.4) is 0 Å². The van der Waals surface area contributed by atoms with E-state index in [4.69, 9.17) is 4.74 Å². The summed E-state index contributed by atoms with van der Waals surface area (Å²) >= 11 is 0. The first kappa shape index (κ1) is 17.2. The van der Waals surface area contributed by atoms with E-state index < -0.39 is 6.10 Å². The number of fused-ring (bicyclic) bond motifs is 1. The number of hydrogen-bond acceptors (Lipinski definition) is 4. The molecule has 1 aliphatic carbocycles. The maximum Gasteiger partial charge on any atom is 0.234 e. The molecule has 3 atom stereocenters. The largest absolute Gasteiger partial charge is 0.491 e. The van der Waals surface area contributed by atoms with Crippen LogP contribution in [0.4, 0.5) is 0 Å². The number of ether oxygens (including phenoxy) is 1. The van der Waals surface area contributed by atoms with Gasteiger partial charge in [0.2, 0.25) is 5.91 Å². The summed E-state index contributed by atoms with van der Waals surface area (Å²) in [5.74, 6) is 0.882. The Morgan fingerprint density at radius 1 is 1.33 bits per heavy atom. The molecule has 1 aromatic rings. The van der Waals surface area contributed by atoms with Gasteiger partial charge in [0.05, 0.1) is 6.54 Å². The Kier molecular flexibility index (Phi) is 5.41. The van der Waals surface area contributed by atoms with Gasteiger partial charge in [-0.2, -0.15) is 0 Å². The molecule has 3 unspecified atom stereocenters. The van der Waals surface area contributed by atoms with Crippen LogP contribution in [0.25, 0.3) is 0 Å². The van der Waals surface area contributed by atoms with Crippen molar-refractivity contribution in [2.24, 2.45) is 0 Å². The minimum Gasteiger partial charge on any atom is -0.491 e. The van der Waals surface area contributed by atoms with Gasteiger partial charge in [-0.3, -0.25) is 9.69 Å². The molecule has 1 aliphatic heterocycles. The van der Waals surface area contributed by atoms with Gasteiger partial charge in [0.1, 0.15) is 18.5 Å². The predicted octanol–water partition coefficient (Wildman–Crippen LogP) is 1.79. The summed E-state index contributed by atoms with van der Waals surface area (Å²) in [6.07, 6.45) is 3.91. The number of aryl methyl sites for hydroxylation is 2. The number of nitrogens with zero attached hydrogens (tertiary/aromatic N) is 1. The molecule has 24 heavy (non-hydrogen) atoms. The van der Waals surface area contributed by atoms with Crippen LogP contribution in [-0.2, 0) is 4.79 Å². The van der Waals surface area contributed by atoms with Gasteiger partial charge in [0, 0.05) is 18.6 Å². The van der Waals surface area contributed by atoms with Gasteiger partial charge in [0.25, 0.3) is 0 Å². The second kappa shape index (κ2) is 7.53. The monoisotopic (exact) mass is 332 g/mol. The van der Waals surface area contributed by atoms with Gasteiger partial charge in [-0.25, -0.2) is 0 Å². The van der Waals surface area contributed by atoms with Crippen molar-refractivity contribution in [2.75, 3.05) is 19.7 Å². The Hall–Kier alpha value is -1.59. The summed E-state index contributed by atoms with van der Waals surface area (Å²) in [4.78, 5) is 14.0. The molecule has 1 amide bonds. The zero-order chi connectivity index (χ0) is 17.1. The van der Waals surface area contributed by atoms with Gasteiger partial charge in [-0.1, -0.05) is 30.5 Å². The minimum atomic E-state index is -0.598. The number of aliphatic hydroxyl groups excluding tert-OH is 1. The Bertz CT molecular complexity index is 590. The molecular weight excluding hydrogens is 304 g/mol. The highest BCUT2D eigenvalue weighted by Crippen LogP contribution is 2.26. The molecule has 2 fully saturated rings. The third-order valence-corrected chi connectivity index (χ3v) is 5.10. The van der Waals surface area contributed by atoms with E-state index >= 15 is 0 Å². The van der Waals surface area contributed by atoms with Crippen LogP contribution < -0.4 is 10.1 Å². The smallest absolute Gasteiger partial charge is 0.234 e. The first-order valence-corrected chi connectivity index (χ1v) is 8.94. The highest BCUT2D eigenvalue weighted by Gasteiger charge is 2.36. The highest BCUT2D eigenvalue weighted by atomic mass is 16.5. The number of rotatable bonds is 5. The molecule has 0 aromatic heterocycles. The Morgan fingerprint density at radius 3 is 2.92 bits per heavy atom. The molecule has 5 heteroatoms. The molecule has 1 heterocycles. The van der Waals surface area contributed by atoms with Gasteiger partial charge in [-0.05, 0) is 38.3 Å². The van der Waals surface area contributed by atoms with Crippen molar-refractivity contribution in [2.45, 2.75) is 57.7 Å². The summed E-state index contributed by atoms with van der Waals surface area (Å²) < 4.78 is 5.78. The van der Waals surface area contributed by atoms with Crippen molar-refractivity contribution in [1.29, 1.82) is 0 Å². The van der Waals surface area contributed by atoms with Crippen LogP contribution in [0, 0.1) is 13.8 Å². The van der Waals surface area contributed by atoms with Crippen molar-refractivity contribution < 1.29 is 14.6 Å². The number of nitrogens with one attached hydrogen (secondary N) is 1. The van der Waals surface area contributed by atoms with E-state index in [0.29, 0.717) is 19.1 Å². The molecule has 132 valence electrons. The average Bonchev–Trinajstić information content (AvgIpc) is 2.54. The van der Waals surface area contributed by atoms with E-state index in [2.05, 4.69) is 16.3 Å². The van der Waals surface area contributed by atoms with E-state index in [9.17, 15) is 9.90 Å². The molecule has 1 saturated carbocycles. The van der Waals surface area contributed by atoms with E-state index in [0.717, 1.165) is 24.2 Å². The van der Waals surface area contributed by atoms with Crippen LogP contribution >= 0.6 is 0 Å². The maximum absolute atomic E-state index is 11.9. The molecule has 3 rings (SSSR count). The van der Waals surface area contributed by atoms with Crippen LogP contribution in [0.2, 0.25) is 0 Å². The Labute approximate surface area is 144 Å². The third-order valence-electron chi connectivity index (χ3n) is 5.10. The van der Waals surface area contributed by atoms with Crippen molar-refractivity contribution in [3.05, 3.63) is 29.3 Å². The summed E-state index contributed by atoms with van der Waals surface area (Å²) in [5, 5.41) is 13.5. The second-order valence-corrected chi connectivity index (χ2v) is 7.19. The lowest BCUT2D eigenvalue weighted by atomic mass is 9.87. The van der Waals surface area contributed by atoms with Gasteiger partial charge in [-0.15, -0.1) is 0 Å². The van der Waals surface area contributed by atoms with Crippen molar-refractivity contribution >= 4 is 5.91 Å². The molecule has 0 bridgehead atoms. The zero-order valence-electron chi connectivity index (χ0n) is 14.6. The first-order valence-electron chi connectivity index (χ1n) is 8.94. The number of aliphatic hydroxyl groups is 1. The standard InChI is InChI=1S/C19H28N2O3/c1-13-7-8-18(14(2)9-13)24-12-15(22)10-21-11-19(23)20-16-5-3-4-6-17(16)21/h7-9,15-17,22H,3-6,10-12H2,1-2H3,(H,20,23). The normalized spacial score (nSPS) is 25.7. The van der Waals surface area contributed by atoms with E-state index in [1.165, 1.54) is 18.4 Å². The molecule has 2 N–H and O–H groups in total. The molecular formula is C19H28N2O3. The predicted molar refractivity (Wildman–Crippen MR) is 93.2 cm³/mol.